The van der Waals surface area contributed by atoms with Gasteiger partial charge in [-0.25, -0.2) is 8.42 Å². The fraction of sp³-hybridized carbons (Fsp3) is 1.00. The second-order valence-corrected chi connectivity index (χ2v) is 7.57. The van der Waals surface area contributed by atoms with E-state index in [0.29, 0.717) is 12.2 Å². The van der Waals surface area contributed by atoms with E-state index in [-0.39, 0.29) is 18.3 Å². The highest BCUT2D eigenvalue weighted by Gasteiger charge is 2.30. The Kier molecular flexibility index (Phi) is 4.95. The predicted octanol–water partition coefficient (Wildman–Crippen LogP) is -0.405. The van der Waals surface area contributed by atoms with Crippen molar-refractivity contribution in [2.24, 2.45) is 5.73 Å². The molecule has 1 fully saturated rings. The van der Waals surface area contributed by atoms with Gasteiger partial charge in [0.1, 0.15) is 0 Å². The molecular formula is C11H24N2O3S. The van der Waals surface area contributed by atoms with Crippen LogP contribution in [0.2, 0.25) is 0 Å². The molecule has 17 heavy (non-hydrogen) atoms. The Balaban J connectivity index is 2.29. The van der Waals surface area contributed by atoms with Gasteiger partial charge >= 0.3 is 0 Å². The Morgan fingerprint density at radius 3 is 2.65 bits per heavy atom. The molecule has 1 heterocycles. The number of rotatable bonds is 6. The van der Waals surface area contributed by atoms with E-state index in [1.165, 1.54) is 0 Å². The lowest BCUT2D eigenvalue weighted by Gasteiger charge is -2.26. The van der Waals surface area contributed by atoms with Gasteiger partial charge in [-0.3, -0.25) is 0 Å². The van der Waals surface area contributed by atoms with Gasteiger partial charge in [-0.05, 0) is 39.8 Å². The maximum Gasteiger partial charge on any atom is 0.151 e. The van der Waals surface area contributed by atoms with Gasteiger partial charge in [-0.15, -0.1) is 0 Å². The topological polar surface area (TPSA) is 83.6 Å². The molecule has 0 aromatic heterocycles. The fourth-order valence-corrected chi connectivity index (χ4v) is 3.92. The van der Waals surface area contributed by atoms with Gasteiger partial charge in [-0.2, -0.15) is 0 Å². The van der Waals surface area contributed by atoms with Crippen LogP contribution in [-0.4, -0.2) is 61.7 Å². The molecule has 0 saturated carbocycles. The van der Waals surface area contributed by atoms with Crippen LogP contribution in [0.4, 0.5) is 0 Å². The molecule has 3 N–H and O–H groups in total. The average Bonchev–Trinajstić information content (AvgIpc) is 2.58. The Bertz CT molecular complexity index is 341. The van der Waals surface area contributed by atoms with Crippen molar-refractivity contribution < 1.29 is 13.5 Å². The molecule has 2 atom stereocenters. The smallest absolute Gasteiger partial charge is 0.151 e. The van der Waals surface area contributed by atoms with Gasteiger partial charge in [0, 0.05) is 12.6 Å². The molecule has 102 valence electrons. The molecule has 0 amide bonds. The fourth-order valence-electron chi connectivity index (χ4n) is 2.12. The zero-order chi connectivity index (χ0) is 13.1. The first-order valence-corrected chi connectivity index (χ1v) is 7.91. The molecule has 0 aromatic carbocycles. The normalized spacial score (nSPS) is 27.2. The van der Waals surface area contributed by atoms with Gasteiger partial charge in [0.15, 0.2) is 9.84 Å². The summed E-state index contributed by atoms with van der Waals surface area (Å²) in [5, 5.41) is 9.75. The molecule has 0 radical (unpaired) electrons. The second-order valence-electron chi connectivity index (χ2n) is 5.34. The van der Waals surface area contributed by atoms with Gasteiger partial charge < -0.3 is 15.7 Å². The second kappa shape index (κ2) is 5.65. The van der Waals surface area contributed by atoms with Gasteiger partial charge in [-0.1, -0.05) is 0 Å². The van der Waals surface area contributed by atoms with E-state index in [4.69, 9.17) is 5.73 Å². The summed E-state index contributed by atoms with van der Waals surface area (Å²) in [6.45, 7) is 2.79. The van der Waals surface area contributed by atoms with Crippen molar-refractivity contribution >= 4 is 9.84 Å². The number of sulfone groups is 1. The summed E-state index contributed by atoms with van der Waals surface area (Å²) in [6.07, 6.45) is 2.21. The quantitative estimate of drug-likeness (QED) is 0.682. The summed E-state index contributed by atoms with van der Waals surface area (Å²) in [5.74, 6) is 0.583. The highest BCUT2D eigenvalue weighted by Crippen LogP contribution is 2.18. The van der Waals surface area contributed by atoms with Crippen molar-refractivity contribution in [3.05, 3.63) is 0 Å². The van der Waals surface area contributed by atoms with E-state index in [2.05, 4.69) is 4.90 Å². The molecule has 1 aliphatic heterocycles. The van der Waals surface area contributed by atoms with Crippen molar-refractivity contribution in [1.29, 1.82) is 0 Å². The molecule has 5 nitrogen and oxygen atoms in total. The standard InChI is InChI=1S/C11H24N2O3S/c1-11(14,9-12)5-3-6-13(2)10-4-7-17(15,16)8-10/h10,14H,3-9,12H2,1-2H3. The van der Waals surface area contributed by atoms with Gasteiger partial charge in [0.2, 0.25) is 0 Å². The predicted molar refractivity (Wildman–Crippen MR) is 68.6 cm³/mol. The maximum atomic E-state index is 11.3. The van der Waals surface area contributed by atoms with Gasteiger partial charge in [0.25, 0.3) is 0 Å². The number of hydrogen-bond donors (Lipinski definition) is 2. The van der Waals surface area contributed by atoms with E-state index in [9.17, 15) is 13.5 Å². The first-order valence-electron chi connectivity index (χ1n) is 6.09. The van der Waals surface area contributed by atoms with Crippen LogP contribution in [0, 0.1) is 0 Å². The van der Waals surface area contributed by atoms with Crippen LogP contribution in [0.1, 0.15) is 26.2 Å². The Hall–Kier alpha value is -0.170. The minimum absolute atomic E-state index is 0.142. The average molecular weight is 264 g/mol. The van der Waals surface area contributed by atoms with Crippen LogP contribution in [0.15, 0.2) is 0 Å². The minimum atomic E-state index is -2.81. The van der Waals surface area contributed by atoms with Crippen molar-refractivity contribution in [2.45, 2.75) is 37.8 Å². The lowest BCUT2D eigenvalue weighted by molar-refractivity contribution is 0.0541. The van der Waals surface area contributed by atoms with Crippen LogP contribution in [0.25, 0.3) is 0 Å². The molecule has 1 rings (SSSR count). The largest absolute Gasteiger partial charge is 0.389 e. The molecule has 1 aliphatic rings. The minimum Gasteiger partial charge on any atom is -0.389 e. The van der Waals surface area contributed by atoms with Gasteiger partial charge in [0.05, 0.1) is 17.1 Å². The van der Waals surface area contributed by atoms with Crippen molar-refractivity contribution in [1.82, 2.24) is 4.90 Å². The zero-order valence-electron chi connectivity index (χ0n) is 10.7. The van der Waals surface area contributed by atoms with Crippen LogP contribution in [-0.2, 0) is 9.84 Å². The molecule has 2 unspecified atom stereocenters. The zero-order valence-corrected chi connectivity index (χ0v) is 11.5. The van der Waals surface area contributed by atoms with E-state index in [1.54, 1.807) is 6.92 Å². The third-order valence-corrected chi connectivity index (χ3v) is 5.25. The molecular weight excluding hydrogens is 240 g/mol. The Morgan fingerprint density at radius 2 is 2.18 bits per heavy atom. The lowest BCUT2D eigenvalue weighted by atomic mass is 10.0. The number of aliphatic hydroxyl groups is 1. The molecule has 0 bridgehead atoms. The number of nitrogens with two attached hydrogens (primary N) is 1. The summed E-state index contributed by atoms with van der Waals surface area (Å²) < 4.78 is 22.7. The highest BCUT2D eigenvalue weighted by atomic mass is 32.2. The van der Waals surface area contributed by atoms with E-state index in [0.717, 1.165) is 19.4 Å². The number of nitrogens with zero attached hydrogens (tertiary/aromatic N) is 1. The lowest BCUT2D eigenvalue weighted by Crippen LogP contribution is -2.37. The Morgan fingerprint density at radius 1 is 1.53 bits per heavy atom. The van der Waals surface area contributed by atoms with Crippen molar-refractivity contribution in [2.75, 3.05) is 31.6 Å². The first kappa shape index (κ1) is 14.9. The van der Waals surface area contributed by atoms with Crippen LogP contribution >= 0.6 is 0 Å². The highest BCUT2D eigenvalue weighted by molar-refractivity contribution is 7.91. The maximum absolute atomic E-state index is 11.3. The van der Waals surface area contributed by atoms with Crippen molar-refractivity contribution in [3.8, 4) is 0 Å². The molecule has 6 heteroatoms. The molecule has 0 aromatic rings. The number of hydrogen-bond acceptors (Lipinski definition) is 5. The third-order valence-electron chi connectivity index (χ3n) is 3.50. The van der Waals surface area contributed by atoms with E-state index < -0.39 is 15.4 Å². The summed E-state index contributed by atoms with van der Waals surface area (Å²) in [5.41, 5.74) is 4.63. The molecule has 0 aliphatic carbocycles. The summed E-state index contributed by atoms with van der Waals surface area (Å²) in [4.78, 5) is 2.08. The molecule has 1 saturated heterocycles. The van der Waals surface area contributed by atoms with E-state index in [1.807, 2.05) is 7.05 Å². The van der Waals surface area contributed by atoms with Crippen molar-refractivity contribution in [3.63, 3.8) is 0 Å². The van der Waals surface area contributed by atoms with E-state index >= 15 is 0 Å². The molecule has 0 spiro atoms. The monoisotopic (exact) mass is 264 g/mol. The van der Waals surface area contributed by atoms with Crippen LogP contribution < -0.4 is 5.73 Å². The van der Waals surface area contributed by atoms with Crippen LogP contribution in [0.5, 0.6) is 0 Å². The SMILES string of the molecule is CN(CCCC(C)(O)CN)C1CCS(=O)(=O)C1. The Labute approximate surface area is 104 Å². The summed E-state index contributed by atoms with van der Waals surface area (Å²) in [7, 11) is -0.863. The summed E-state index contributed by atoms with van der Waals surface area (Å²) >= 11 is 0. The summed E-state index contributed by atoms with van der Waals surface area (Å²) in [6, 6.07) is 0.142. The first-order chi connectivity index (χ1) is 7.76. The van der Waals surface area contributed by atoms with Crippen LogP contribution in [0.3, 0.4) is 0 Å². The third kappa shape index (κ3) is 4.91.